The van der Waals surface area contributed by atoms with Gasteiger partial charge in [-0.1, -0.05) is 57.5 Å². The van der Waals surface area contributed by atoms with Crippen LogP contribution in [0.4, 0.5) is 0 Å². The average Bonchev–Trinajstić information content (AvgIpc) is 2.63. The molecular formula is C10H18Br2Fe. The Kier molecular flexibility index (Phi) is 9.76. The Morgan fingerprint density at radius 2 is 0.846 bits per heavy atom. The minimum Gasteiger partial charge on any atom is -0.0891 e. The quantitative estimate of drug-likeness (QED) is 0.439. The van der Waals surface area contributed by atoms with Crippen LogP contribution in [-0.2, 0) is 17.1 Å². The molecule has 2 rings (SSSR count). The summed E-state index contributed by atoms with van der Waals surface area (Å²) in [6, 6.07) is 0. The molecule has 0 aliphatic heterocycles. The van der Waals surface area contributed by atoms with E-state index in [1.165, 1.54) is 51.4 Å². The zero-order valence-corrected chi connectivity index (χ0v) is 12.2. The van der Waals surface area contributed by atoms with Crippen molar-refractivity contribution in [1.29, 1.82) is 0 Å². The van der Waals surface area contributed by atoms with Crippen LogP contribution < -0.4 is 0 Å². The first-order valence-corrected chi connectivity index (χ1v) is 6.90. The van der Waals surface area contributed by atoms with Crippen molar-refractivity contribution in [3.05, 3.63) is 0 Å². The maximum atomic E-state index is 3.54. The second-order valence-corrected chi connectivity index (χ2v) is 6.35. The average molecular weight is 354 g/mol. The van der Waals surface area contributed by atoms with Gasteiger partial charge in [0.2, 0.25) is 0 Å². The second kappa shape index (κ2) is 8.76. The third kappa shape index (κ3) is 7.41. The third-order valence-corrected chi connectivity index (χ3v) is 4.40. The second-order valence-electron chi connectivity index (χ2n) is 3.76. The van der Waals surface area contributed by atoms with E-state index in [0.717, 1.165) is 9.65 Å². The molecule has 0 amide bonds. The predicted octanol–water partition coefficient (Wildman–Crippen LogP) is 4.65. The monoisotopic (exact) mass is 352 g/mol. The number of hydrogen-bond donors (Lipinski definition) is 0. The SMILES string of the molecule is BrC1CCCC1.BrC1CCCC1.[Fe]. The van der Waals surface area contributed by atoms with Crippen LogP contribution in [-0.4, -0.2) is 9.65 Å². The maximum absolute atomic E-state index is 3.54. The molecule has 0 atom stereocenters. The summed E-state index contributed by atoms with van der Waals surface area (Å²) in [4.78, 5) is 1.72. The summed E-state index contributed by atoms with van der Waals surface area (Å²) in [5, 5.41) is 0. The topological polar surface area (TPSA) is 0 Å². The molecule has 0 nitrogen and oxygen atoms in total. The van der Waals surface area contributed by atoms with Gasteiger partial charge in [0.15, 0.2) is 0 Å². The van der Waals surface area contributed by atoms with Gasteiger partial charge in [0.1, 0.15) is 0 Å². The van der Waals surface area contributed by atoms with Crippen molar-refractivity contribution >= 4 is 31.9 Å². The number of halogens is 2. The van der Waals surface area contributed by atoms with Crippen molar-refractivity contribution in [3.63, 3.8) is 0 Å². The minimum absolute atomic E-state index is 0. The molecule has 0 spiro atoms. The van der Waals surface area contributed by atoms with E-state index in [1.54, 1.807) is 0 Å². The molecule has 13 heavy (non-hydrogen) atoms. The zero-order valence-electron chi connectivity index (χ0n) is 7.92. The Bertz CT molecular complexity index is 93.5. The minimum atomic E-state index is 0. The maximum Gasteiger partial charge on any atom is 0.0145 e. The van der Waals surface area contributed by atoms with E-state index in [0.29, 0.717) is 0 Å². The first-order valence-electron chi connectivity index (χ1n) is 5.07. The third-order valence-electron chi connectivity index (χ3n) is 2.57. The van der Waals surface area contributed by atoms with Crippen molar-refractivity contribution in [2.75, 3.05) is 0 Å². The van der Waals surface area contributed by atoms with Gasteiger partial charge in [0.25, 0.3) is 0 Å². The van der Waals surface area contributed by atoms with Gasteiger partial charge in [-0.25, -0.2) is 0 Å². The predicted molar refractivity (Wildman–Crippen MR) is 62.4 cm³/mol. The first kappa shape index (κ1) is 14.5. The van der Waals surface area contributed by atoms with Crippen molar-refractivity contribution in [3.8, 4) is 0 Å². The van der Waals surface area contributed by atoms with E-state index in [2.05, 4.69) is 31.9 Å². The normalized spacial score (nSPS) is 23.5. The Morgan fingerprint density at radius 1 is 0.615 bits per heavy atom. The van der Waals surface area contributed by atoms with E-state index >= 15 is 0 Å². The summed E-state index contributed by atoms with van der Waals surface area (Å²) in [7, 11) is 0. The molecule has 80 valence electrons. The van der Waals surface area contributed by atoms with Gasteiger partial charge in [-0.15, -0.1) is 0 Å². The molecule has 2 saturated carbocycles. The van der Waals surface area contributed by atoms with Gasteiger partial charge in [-0.2, -0.15) is 0 Å². The van der Waals surface area contributed by atoms with E-state index in [9.17, 15) is 0 Å². The summed E-state index contributed by atoms with van der Waals surface area (Å²) >= 11 is 7.08. The van der Waals surface area contributed by atoms with Crippen molar-refractivity contribution in [2.24, 2.45) is 0 Å². The first-order chi connectivity index (χ1) is 5.79. The fraction of sp³-hybridized carbons (Fsp3) is 1.00. The van der Waals surface area contributed by atoms with Gasteiger partial charge in [0.05, 0.1) is 0 Å². The molecule has 0 aromatic heterocycles. The van der Waals surface area contributed by atoms with Crippen molar-refractivity contribution in [1.82, 2.24) is 0 Å². The Balaban J connectivity index is 0.000000206. The van der Waals surface area contributed by atoms with Crippen LogP contribution in [0.5, 0.6) is 0 Å². The number of hydrogen-bond acceptors (Lipinski definition) is 0. The summed E-state index contributed by atoms with van der Waals surface area (Å²) in [5.74, 6) is 0. The van der Waals surface area contributed by atoms with Crippen molar-refractivity contribution < 1.29 is 17.1 Å². The molecule has 2 aliphatic rings. The Hall–Kier alpha value is 1.48. The van der Waals surface area contributed by atoms with E-state index in [4.69, 9.17) is 0 Å². The van der Waals surface area contributed by atoms with E-state index in [-0.39, 0.29) is 17.1 Å². The molecule has 3 heteroatoms. The molecule has 0 radical (unpaired) electrons. The number of alkyl halides is 2. The van der Waals surface area contributed by atoms with Gasteiger partial charge in [-0.05, 0) is 25.7 Å². The molecule has 0 bridgehead atoms. The van der Waals surface area contributed by atoms with Gasteiger partial charge >= 0.3 is 0 Å². The van der Waals surface area contributed by atoms with Crippen LogP contribution >= 0.6 is 31.9 Å². The van der Waals surface area contributed by atoms with Crippen molar-refractivity contribution in [2.45, 2.75) is 61.0 Å². The largest absolute Gasteiger partial charge is 0.0891 e. The van der Waals surface area contributed by atoms with E-state index in [1.807, 2.05) is 0 Å². The fourth-order valence-electron chi connectivity index (χ4n) is 1.75. The molecule has 0 heterocycles. The Labute approximate surface area is 109 Å². The summed E-state index contributed by atoms with van der Waals surface area (Å²) < 4.78 is 0. The van der Waals surface area contributed by atoms with Crippen LogP contribution in [0.1, 0.15) is 51.4 Å². The molecule has 0 aromatic rings. The van der Waals surface area contributed by atoms with Crippen LogP contribution in [0.2, 0.25) is 0 Å². The molecule has 0 saturated heterocycles. The molecule has 2 aliphatic carbocycles. The van der Waals surface area contributed by atoms with Crippen LogP contribution in [0.25, 0.3) is 0 Å². The van der Waals surface area contributed by atoms with Gasteiger partial charge in [0, 0.05) is 26.7 Å². The molecule has 0 aromatic carbocycles. The Morgan fingerprint density at radius 3 is 0.923 bits per heavy atom. The molecule has 0 unspecified atom stereocenters. The fourth-order valence-corrected chi connectivity index (χ4v) is 3.05. The van der Waals surface area contributed by atoms with Gasteiger partial charge < -0.3 is 0 Å². The smallest absolute Gasteiger partial charge is 0.0145 e. The molecular weight excluding hydrogens is 336 g/mol. The zero-order chi connectivity index (χ0) is 8.81. The molecule has 2 fully saturated rings. The molecule has 0 N–H and O–H groups in total. The summed E-state index contributed by atoms with van der Waals surface area (Å²) in [6.45, 7) is 0. The summed E-state index contributed by atoms with van der Waals surface area (Å²) in [5.41, 5.74) is 0. The number of rotatable bonds is 0. The standard InChI is InChI=1S/2C5H9Br.Fe/c2*6-5-3-1-2-4-5;/h2*5H,1-4H2;. The van der Waals surface area contributed by atoms with Gasteiger partial charge in [-0.3, -0.25) is 0 Å². The van der Waals surface area contributed by atoms with E-state index < -0.39 is 0 Å². The summed E-state index contributed by atoms with van der Waals surface area (Å²) in [6.07, 6.45) is 11.4. The van der Waals surface area contributed by atoms with Crippen LogP contribution in [0.3, 0.4) is 0 Å². The van der Waals surface area contributed by atoms with Crippen LogP contribution in [0, 0.1) is 0 Å². The van der Waals surface area contributed by atoms with Crippen LogP contribution in [0.15, 0.2) is 0 Å².